The van der Waals surface area contributed by atoms with Crippen LogP contribution >= 0.6 is 22.9 Å². The number of aryl methyl sites for hydroxylation is 2. The Morgan fingerprint density at radius 1 is 1.33 bits per heavy atom. The summed E-state index contributed by atoms with van der Waals surface area (Å²) in [7, 11) is 0. The number of hydrogen-bond donors (Lipinski definition) is 2. The van der Waals surface area contributed by atoms with Crippen molar-refractivity contribution in [3.05, 3.63) is 56.1 Å². The van der Waals surface area contributed by atoms with Gasteiger partial charge in [0.2, 0.25) is 5.91 Å². The smallest absolute Gasteiger partial charge is 0.346 e. The van der Waals surface area contributed by atoms with E-state index in [-0.39, 0.29) is 23.1 Å². The summed E-state index contributed by atoms with van der Waals surface area (Å²) in [4.78, 5) is 25.4. The molecule has 138 valence electrons. The molecule has 8 heteroatoms. The molecule has 2 N–H and O–H groups in total. The fourth-order valence-electron chi connectivity index (χ4n) is 3.55. The summed E-state index contributed by atoms with van der Waals surface area (Å²) in [5.74, 6) is -0.857. The molecule has 0 bridgehead atoms. The number of amides is 1. The minimum Gasteiger partial charge on any atom is -0.477 e. The molecule has 1 atom stereocenters. The first-order chi connectivity index (χ1) is 12.9. The van der Waals surface area contributed by atoms with Crippen molar-refractivity contribution >= 4 is 40.5 Å². The number of carbonyl (C=O) groups is 2. The molecule has 0 spiro atoms. The van der Waals surface area contributed by atoms with Crippen molar-refractivity contribution in [1.29, 1.82) is 0 Å². The van der Waals surface area contributed by atoms with Crippen LogP contribution in [0.4, 0.5) is 5.69 Å². The summed E-state index contributed by atoms with van der Waals surface area (Å²) in [6.07, 6.45) is 0.218. The highest BCUT2D eigenvalue weighted by molar-refractivity contribution is 7.15. The normalized spacial score (nSPS) is 16.1. The summed E-state index contributed by atoms with van der Waals surface area (Å²) < 4.78 is 5.27. The van der Waals surface area contributed by atoms with E-state index in [1.807, 2.05) is 6.92 Å². The van der Waals surface area contributed by atoms with Crippen molar-refractivity contribution in [1.82, 2.24) is 5.16 Å². The van der Waals surface area contributed by atoms with Crippen LogP contribution in [-0.2, 0) is 4.79 Å². The van der Waals surface area contributed by atoms with Gasteiger partial charge in [0.15, 0.2) is 0 Å². The number of carboxylic acids is 1. The van der Waals surface area contributed by atoms with E-state index in [4.69, 9.17) is 16.1 Å². The summed E-state index contributed by atoms with van der Waals surface area (Å²) in [5, 5.41) is 17.2. The molecule has 6 nitrogen and oxygen atoms in total. The van der Waals surface area contributed by atoms with Gasteiger partial charge in [0.05, 0.1) is 11.4 Å². The third-order valence-corrected chi connectivity index (χ3v) is 6.21. The Bertz CT molecular complexity index is 1050. The monoisotopic (exact) mass is 402 g/mol. The van der Waals surface area contributed by atoms with E-state index in [2.05, 4.69) is 10.5 Å². The number of aromatic carboxylic acids is 1. The van der Waals surface area contributed by atoms with Crippen LogP contribution in [0.15, 0.2) is 28.8 Å². The lowest BCUT2D eigenvalue weighted by Gasteiger charge is -2.23. The minimum atomic E-state index is -1.04. The van der Waals surface area contributed by atoms with Gasteiger partial charge in [-0.05, 0) is 31.5 Å². The molecule has 3 aromatic rings. The van der Waals surface area contributed by atoms with Gasteiger partial charge in [-0.2, -0.15) is 0 Å². The van der Waals surface area contributed by atoms with Crippen LogP contribution in [0.5, 0.6) is 0 Å². The first-order valence-electron chi connectivity index (χ1n) is 8.25. The van der Waals surface area contributed by atoms with Crippen molar-refractivity contribution in [2.24, 2.45) is 0 Å². The van der Waals surface area contributed by atoms with Gasteiger partial charge < -0.3 is 14.9 Å². The zero-order chi connectivity index (χ0) is 19.3. The molecule has 0 radical (unpaired) electrons. The van der Waals surface area contributed by atoms with Crippen molar-refractivity contribution in [3.8, 4) is 11.1 Å². The fraction of sp³-hybridized carbons (Fsp3) is 0.211. The molecule has 0 aliphatic carbocycles. The number of halogens is 1. The number of hydrogen-bond acceptors (Lipinski definition) is 5. The van der Waals surface area contributed by atoms with Gasteiger partial charge >= 0.3 is 5.97 Å². The molecule has 4 rings (SSSR count). The average molecular weight is 403 g/mol. The van der Waals surface area contributed by atoms with Gasteiger partial charge in [-0.3, -0.25) is 4.79 Å². The van der Waals surface area contributed by atoms with Crippen LogP contribution in [0.1, 0.15) is 43.9 Å². The standard InChI is InChI=1S/C19H15ClN2O4S/c1-8-14(9(2)26-22-8)12-7-13(23)21-16-15(10-3-5-11(20)6-4-10)18(19(24)25)27-17(12)16/h3-6,12H,7H2,1-2H3,(H,21,23)(H,24,25)/t12-/m1/s1. The van der Waals surface area contributed by atoms with Gasteiger partial charge in [0.25, 0.3) is 0 Å². The predicted molar refractivity (Wildman–Crippen MR) is 103 cm³/mol. The zero-order valence-corrected chi connectivity index (χ0v) is 16.1. The Balaban J connectivity index is 1.97. The number of nitrogens with zero attached hydrogens (tertiary/aromatic N) is 1. The van der Waals surface area contributed by atoms with Crippen LogP contribution in [0, 0.1) is 13.8 Å². The number of carbonyl (C=O) groups excluding carboxylic acids is 1. The molecule has 3 heterocycles. The third-order valence-electron chi connectivity index (χ3n) is 4.67. The molecule has 0 unspecified atom stereocenters. The second-order valence-corrected chi connectivity index (χ2v) is 7.89. The Morgan fingerprint density at radius 3 is 2.63 bits per heavy atom. The lowest BCUT2D eigenvalue weighted by Crippen LogP contribution is -2.23. The quantitative estimate of drug-likeness (QED) is 0.653. The summed E-state index contributed by atoms with van der Waals surface area (Å²) in [6, 6.07) is 6.90. The van der Waals surface area contributed by atoms with E-state index < -0.39 is 5.97 Å². The lowest BCUT2D eigenvalue weighted by molar-refractivity contribution is -0.116. The second-order valence-electron chi connectivity index (χ2n) is 6.40. The van der Waals surface area contributed by atoms with Crippen molar-refractivity contribution in [3.63, 3.8) is 0 Å². The molecule has 1 amide bonds. The number of thiophene rings is 1. The molecule has 1 aliphatic rings. The van der Waals surface area contributed by atoms with Gasteiger partial charge in [0.1, 0.15) is 10.6 Å². The van der Waals surface area contributed by atoms with Gasteiger partial charge in [-0.1, -0.05) is 28.9 Å². The SMILES string of the molecule is Cc1noc(C)c1[C@H]1CC(=O)Nc2c1sc(C(=O)O)c2-c1ccc(Cl)cc1. The molecule has 2 aromatic heterocycles. The molecule has 0 saturated carbocycles. The van der Waals surface area contributed by atoms with E-state index in [1.54, 1.807) is 31.2 Å². The molecule has 1 aliphatic heterocycles. The van der Waals surface area contributed by atoms with E-state index in [1.165, 1.54) is 11.3 Å². The van der Waals surface area contributed by atoms with Gasteiger partial charge in [0, 0.05) is 33.4 Å². The first kappa shape index (κ1) is 17.8. The number of nitrogens with one attached hydrogen (secondary N) is 1. The van der Waals surface area contributed by atoms with Crippen molar-refractivity contribution in [2.45, 2.75) is 26.2 Å². The number of fused-ring (bicyclic) bond motifs is 1. The van der Waals surface area contributed by atoms with E-state index >= 15 is 0 Å². The largest absolute Gasteiger partial charge is 0.477 e. The average Bonchev–Trinajstić information content (AvgIpc) is 3.15. The Hall–Kier alpha value is -2.64. The summed E-state index contributed by atoms with van der Waals surface area (Å²) in [5.41, 5.74) is 3.28. The summed E-state index contributed by atoms with van der Waals surface area (Å²) >= 11 is 7.14. The molecule has 1 aromatic carbocycles. The number of aromatic nitrogens is 1. The van der Waals surface area contributed by atoms with E-state index in [9.17, 15) is 14.7 Å². The van der Waals surface area contributed by atoms with Crippen LogP contribution in [0.3, 0.4) is 0 Å². The van der Waals surface area contributed by atoms with Crippen LogP contribution < -0.4 is 5.32 Å². The maximum atomic E-state index is 12.4. The highest BCUT2D eigenvalue weighted by atomic mass is 35.5. The highest BCUT2D eigenvalue weighted by Gasteiger charge is 2.36. The van der Waals surface area contributed by atoms with Crippen molar-refractivity contribution in [2.75, 3.05) is 5.32 Å². The Morgan fingerprint density at radius 2 is 2.04 bits per heavy atom. The number of benzene rings is 1. The molecule has 0 fully saturated rings. The van der Waals surface area contributed by atoms with E-state index in [0.717, 1.165) is 10.4 Å². The highest BCUT2D eigenvalue weighted by Crippen LogP contribution is 2.50. The topological polar surface area (TPSA) is 92.4 Å². The minimum absolute atomic E-state index is 0.169. The third kappa shape index (κ3) is 2.93. The molecular weight excluding hydrogens is 388 g/mol. The number of anilines is 1. The number of carboxylic acid groups (broad SMARTS) is 1. The molecule has 27 heavy (non-hydrogen) atoms. The maximum absolute atomic E-state index is 12.4. The van der Waals surface area contributed by atoms with E-state index in [0.29, 0.717) is 33.3 Å². The Labute approximate surface area is 163 Å². The second kappa shape index (κ2) is 6.51. The van der Waals surface area contributed by atoms with Crippen LogP contribution in [0.2, 0.25) is 5.02 Å². The number of rotatable bonds is 3. The van der Waals surface area contributed by atoms with Crippen LogP contribution in [0.25, 0.3) is 11.1 Å². The molecular formula is C19H15ClN2O4S. The predicted octanol–water partition coefficient (Wildman–Crippen LogP) is 4.85. The van der Waals surface area contributed by atoms with Gasteiger partial charge in [-0.15, -0.1) is 11.3 Å². The van der Waals surface area contributed by atoms with Gasteiger partial charge in [-0.25, -0.2) is 4.79 Å². The van der Waals surface area contributed by atoms with Crippen molar-refractivity contribution < 1.29 is 19.2 Å². The molecule has 0 saturated heterocycles. The maximum Gasteiger partial charge on any atom is 0.346 e. The first-order valence-corrected chi connectivity index (χ1v) is 9.44. The van der Waals surface area contributed by atoms with Crippen LogP contribution in [-0.4, -0.2) is 22.1 Å². The Kier molecular flexibility index (Phi) is 4.28. The zero-order valence-electron chi connectivity index (χ0n) is 14.5. The fourth-order valence-corrected chi connectivity index (χ4v) is 4.90. The lowest BCUT2D eigenvalue weighted by atomic mass is 9.87. The summed E-state index contributed by atoms with van der Waals surface area (Å²) in [6.45, 7) is 3.62.